The fraction of sp³-hybridized carbons (Fsp3) is 0.0714. The Balaban J connectivity index is 2.04. The van der Waals surface area contributed by atoms with Crippen molar-refractivity contribution in [1.82, 2.24) is 0 Å². The molecule has 0 aromatic heterocycles. The highest BCUT2D eigenvalue weighted by Gasteiger charge is 2.44. The van der Waals surface area contributed by atoms with Crippen LogP contribution in [0.2, 0.25) is 0 Å². The Hall–Kier alpha value is -2.00. The van der Waals surface area contributed by atoms with Crippen LogP contribution in [0.1, 0.15) is 0 Å². The monoisotopic (exact) mass is 328 g/mol. The molecule has 5 nitrogen and oxygen atoms in total. The number of esters is 1. The molecule has 8 heteroatoms. The van der Waals surface area contributed by atoms with Crippen LogP contribution in [0, 0.1) is 0 Å². The Kier molecular flexibility index (Phi) is 5.45. The molecule has 0 heterocycles. The Morgan fingerprint density at radius 3 is 2.18 bits per heavy atom. The van der Waals surface area contributed by atoms with Gasteiger partial charge in [-0.25, -0.2) is 10.1 Å². The number of rotatable bonds is 6. The second-order valence-corrected chi connectivity index (χ2v) is 4.84. The molecular weight excluding hydrogens is 318 g/mol. The van der Waals surface area contributed by atoms with Gasteiger partial charge in [-0.15, -0.1) is 4.33 Å². The first-order valence-electron chi connectivity index (χ1n) is 5.94. The molecule has 2 aromatic carbocycles. The topological polar surface area (TPSA) is 65.0 Å². The number of alkyl halides is 2. The lowest BCUT2D eigenvalue weighted by Gasteiger charge is -2.12. The minimum absolute atomic E-state index is 0.0464. The lowest BCUT2D eigenvalue weighted by molar-refractivity contribution is -0.433. The zero-order chi connectivity index (χ0) is 16.0. The van der Waals surface area contributed by atoms with Crippen molar-refractivity contribution in [2.45, 2.75) is 5.25 Å². The van der Waals surface area contributed by atoms with E-state index in [0.717, 1.165) is 11.1 Å². The Bertz CT molecular complexity index is 619. The van der Waals surface area contributed by atoms with Gasteiger partial charge in [-0.2, -0.15) is 8.78 Å². The van der Waals surface area contributed by atoms with Crippen LogP contribution in [0.25, 0.3) is 11.1 Å². The summed E-state index contributed by atoms with van der Waals surface area (Å²) in [7, 11) is 0. The molecule has 0 amide bonds. The number of halogens is 2. The first kappa shape index (κ1) is 16.4. The molecule has 1 N–H and O–H groups in total. The third kappa shape index (κ3) is 4.25. The van der Waals surface area contributed by atoms with Crippen LogP contribution in [0.3, 0.4) is 0 Å². The molecule has 0 aliphatic heterocycles. The number of hydrogen-bond acceptors (Lipinski definition) is 6. The first-order chi connectivity index (χ1) is 10.5. The summed E-state index contributed by atoms with van der Waals surface area (Å²) in [6.07, 6.45) is 0. The SMILES string of the molecule is O=C(Oc1ccc(-c2ccccc2)cc1)C(F)(F)SOOO. The highest BCUT2D eigenvalue weighted by atomic mass is 32.2. The molecule has 0 bridgehead atoms. The van der Waals surface area contributed by atoms with Crippen molar-refractivity contribution >= 4 is 18.0 Å². The van der Waals surface area contributed by atoms with Gasteiger partial charge in [0.15, 0.2) is 0 Å². The van der Waals surface area contributed by atoms with Gasteiger partial charge in [0.05, 0.1) is 0 Å². The predicted octanol–water partition coefficient (Wildman–Crippen LogP) is 3.92. The van der Waals surface area contributed by atoms with E-state index < -0.39 is 23.3 Å². The average Bonchev–Trinajstić information content (AvgIpc) is 2.54. The Morgan fingerprint density at radius 2 is 1.59 bits per heavy atom. The molecule has 2 rings (SSSR count). The maximum atomic E-state index is 13.2. The third-order valence-electron chi connectivity index (χ3n) is 2.58. The van der Waals surface area contributed by atoms with Crippen molar-refractivity contribution in [3.63, 3.8) is 0 Å². The van der Waals surface area contributed by atoms with Crippen molar-refractivity contribution < 1.29 is 32.9 Å². The summed E-state index contributed by atoms with van der Waals surface area (Å²) < 4.78 is 34.5. The van der Waals surface area contributed by atoms with E-state index in [0.29, 0.717) is 0 Å². The van der Waals surface area contributed by atoms with Crippen LogP contribution in [-0.2, 0) is 14.2 Å². The van der Waals surface area contributed by atoms with Gasteiger partial charge in [0.2, 0.25) is 0 Å². The van der Waals surface area contributed by atoms with Crippen LogP contribution in [0.4, 0.5) is 8.78 Å². The number of ether oxygens (including phenoxy) is 1. The van der Waals surface area contributed by atoms with Crippen LogP contribution < -0.4 is 4.74 Å². The summed E-state index contributed by atoms with van der Waals surface area (Å²) >= 11 is -0.674. The molecule has 116 valence electrons. The molecule has 0 atom stereocenters. The molecule has 2 aromatic rings. The number of benzene rings is 2. The van der Waals surface area contributed by atoms with Gasteiger partial charge in [0.1, 0.15) is 17.8 Å². The maximum Gasteiger partial charge on any atom is 0.416 e. The van der Waals surface area contributed by atoms with Crippen molar-refractivity contribution in [3.8, 4) is 16.9 Å². The largest absolute Gasteiger partial charge is 0.421 e. The van der Waals surface area contributed by atoms with Crippen LogP contribution >= 0.6 is 12.0 Å². The van der Waals surface area contributed by atoms with Crippen LogP contribution in [-0.4, -0.2) is 16.5 Å². The standard InChI is InChI=1S/C14H10F2O5S/c15-14(16,22-21-20-18)13(17)19-12-8-6-11(7-9-12)10-4-2-1-3-5-10/h1-9,18H. The lowest BCUT2D eigenvalue weighted by atomic mass is 10.1. The number of carbonyl (C=O) groups excluding carboxylic acids is 1. The molecule has 0 spiro atoms. The molecule has 0 fully saturated rings. The van der Waals surface area contributed by atoms with Crippen molar-refractivity contribution in [3.05, 3.63) is 54.6 Å². The molecular formula is C14H10F2O5S. The highest BCUT2D eigenvalue weighted by molar-refractivity contribution is 7.96. The first-order valence-corrected chi connectivity index (χ1v) is 6.68. The third-order valence-corrected chi connectivity index (χ3v) is 3.08. The number of carbonyl (C=O) groups is 1. The zero-order valence-electron chi connectivity index (χ0n) is 10.9. The van der Waals surface area contributed by atoms with Gasteiger partial charge in [0.25, 0.3) is 0 Å². The second-order valence-electron chi connectivity index (χ2n) is 4.02. The summed E-state index contributed by atoms with van der Waals surface area (Å²) in [4.78, 5) is 11.3. The fourth-order valence-corrected chi connectivity index (χ4v) is 1.83. The predicted molar refractivity (Wildman–Crippen MR) is 74.8 cm³/mol. The molecule has 0 saturated heterocycles. The fourth-order valence-electron chi connectivity index (χ4n) is 1.60. The van der Waals surface area contributed by atoms with Gasteiger partial charge in [-0.3, -0.25) is 0 Å². The average molecular weight is 328 g/mol. The van der Waals surface area contributed by atoms with Gasteiger partial charge >= 0.3 is 11.2 Å². The van der Waals surface area contributed by atoms with E-state index in [1.54, 1.807) is 12.1 Å². The van der Waals surface area contributed by atoms with E-state index in [2.05, 4.69) is 14.1 Å². The summed E-state index contributed by atoms with van der Waals surface area (Å²) in [5.74, 6) is -1.89. The Morgan fingerprint density at radius 1 is 1.00 bits per heavy atom. The normalized spacial score (nSPS) is 11.2. The van der Waals surface area contributed by atoms with Gasteiger partial charge in [0, 0.05) is 0 Å². The smallest absolute Gasteiger partial charge is 0.416 e. The summed E-state index contributed by atoms with van der Waals surface area (Å²) in [6.45, 7) is 0. The van der Waals surface area contributed by atoms with E-state index in [9.17, 15) is 13.6 Å². The maximum absolute atomic E-state index is 13.2. The lowest BCUT2D eigenvalue weighted by Crippen LogP contribution is -2.29. The van der Waals surface area contributed by atoms with Crippen LogP contribution in [0.5, 0.6) is 5.75 Å². The van der Waals surface area contributed by atoms with E-state index in [1.807, 2.05) is 30.3 Å². The molecule has 0 aliphatic carbocycles. The van der Waals surface area contributed by atoms with E-state index >= 15 is 0 Å². The van der Waals surface area contributed by atoms with Crippen molar-refractivity contribution in [2.24, 2.45) is 0 Å². The summed E-state index contributed by atoms with van der Waals surface area (Å²) in [5, 5.41) is 6.80. The zero-order valence-corrected chi connectivity index (χ0v) is 11.8. The van der Waals surface area contributed by atoms with Gasteiger partial charge < -0.3 is 4.74 Å². The van der Waals surface area contributed by atoms with Gasteiger partial charge in [-0.05, 0) is 23.3 Å². The van der Waals surface area contributed by atoms with Gasteiger partial charge in [-0.1, -0.05) is 47.5 Å². The minimum atomic E-state index is -4.03. The summed E-state index contributed by atoms with van der Waals surface area (Å²) in [6, 6.07) is 15.4. The number of hydrogen-bond donors (Lipinski definition) is 1. The van der Waals surface area contributed by atoms with Crippen molar-refractivity contribution in [1.29, 1.82) is 0 Å². The second kappa shape index (κ2) is 7.32. The van der Waals surface area contributed by atoms with Crippen LogP contribution in [0.15, 0.2) is 54.6 Å². The molecule has 22 heavy (non-hydrogen) atoms. The van der Waals surface area contributed by atoms with Crippen molar-refractivity contribution in [2.75, 3.05) is 0 Å². The minimum Gasteiger partial charge on any atom is -0.421 e. The van der Waals surface area contributed by atoms with E-state index in [4.69, 9.17) is 5.26 Å². The van der Waals surface area contributed by atoms with E-state index in [1.165, 1.54) is 12.1 Å². The molecule has 0 aliphatic rings. The highest BCUT2D eigenvalue weighted by Crippen LogP contribution is 2.32. The summed E-state index contributed by atoms with van der Waals surface area (Å²) in [5.41, 5.74) is 1.79. The Labute approximate surface area is 128 Å². The molecule has 0 unspecified atom stereocenters. The van der Waals surface area contributed by atoms with E-state index in [-0.39, 0.29) is 5.75 Å². The molecule has 0 saturated carbocycles. The molecule has 0 radical (unpaired) electrons. The quantitative estimate of drug-likeness (QED) is 0.285.